The van der Waals surface area contributed by atoms with E-state index in [4.69, 9.17) is 4.42 Å². The molecule has 2 aromatic carbocycles. The molecule has 1 amide bonds. The minimum Gasteiger partial charge on any atom is -0.461 e. The number of benzene rings is 2. The third-order valence-corrected chi connectivity index (χ3v) is 3.55. The van der Waals surface area contributed by atoms with Crippen LogP contribution in [0.1, 0.15) is 12.2 Å². The summed E-state index contributed by atoms with van der Waals surface area (Å²) in [6.45, 7) is 0. The van der Waals surface area contributed by atoms with Gasteiger partial charge in [0.2, 0.25) is 5.91 Å². The molecule has 0 bridgehead atoms. The number of carbonyl (C=O) groups excluding carboxylic acids is 1. The first-order chi connectivity index (χ1) is 11.6. The highest BCUT2D eigenvalue weighted by atomic mass is 19.1. The maximum atomic E-state index is 13.5. The van der Waals surface area contributed by atoms with Crippen LogP contribution in [0.5, 0.6) is 0 Å². The summed E-state index contributed by atoms with van der Waals surface area (Å²) in [6, 6.07) is 16.6. The topological polar surface area (TPSA) is 42.2 Å². The van der Waals surface area contributed by atoms with E-state index in [2.05, 4.69) is 5.32 Å². The van der Waals surface area contributed by atoms with Crippen LogP contribution < -0.4 is 5.32 Å². The van der Waals surface area contributed by atoms with E-state index in [-0.39, 0.29) is 6.42 Å². The third kappa shape index (κ3) is 3.68. The van der Waals surface area contributed by atoms with Crippen molar-refractivity contribution in [2.75, 3.05) is 5.32 Å². The molecule has 0 saturated carbocycles. The number of hydrogen-bond acceptors (Lipinski definition) is 2. The summed E-state index contributed by atoms with van der Waals surface area (Å²) >= 11 is 0. The van der Waals surface area contributed by atoms with Crippen LogP contribution in [0, 0.1) is 11.6 Å². The minimum absolute atomic E-state index is 0.0650. The first kappa shape index (κ1) is 15.9. The maximum Gasteiger partial charge on any atom is 0.224 e. The molecule has 1 N–H and O–H groups in total. The number of furan rings is 1. The molecule has 0 spiro atoms. The van der Waals surface area contributed by atoms with E-state index in [1.807, 2.05) is 36.4 Å². The Bertz CT molecular complexity index is 823. The smallest absolute Gasteiger partial charge is 0.224 e. The van der Waals surface area contributed by atoms with Gasteiger partial charge >= 0.3 is 0 Å². The highest BCUT2D eigenvalue weighted by Crippen LogP contribution is 2.23. The Balaban J connectivity index is 1.60. The second-order valence-corrected chi connectivity index (χ2v) is 5.28. The van der Waals surface area contributed by atoms with Gasteiger partial charge in [0, 0.05) is 18.4 Å². The lowest BCUT2D eigenvalue weighted by atomic mass is 10.2. The molecule has 0 saturated heterocycles. The molecule has 1 heterocycles. The summed E-state index contributed by atoms with van der Waals surface area (Å²) < 4.78 is 32.7. The zero-order chi connectivity index (χ0) is 16.9. The molecule has 0 aliphatic rings. The van der Waals surface area contributed by atoms with E-state index in [0.29, 0.717) is 17.9 Å². The van der Waals surface area contributed by atoms with E-state index in [1.165, 1.54) is 6.07 Å². The summed E-state index contributed by atoms with van der Waals surface area (Å²) in [5.74, 6) is -0.721. The number of hydrogen-bond donors (Lipinski definition) is 1. The highest BCUT2D eigenvalue weighted by molar-refractivity contribution is 5.91. The van der Waals surface area contributed by atoms with E-state index in [0.717, 1.165) is 17.7 Å². The zero-order valence-corrected chi connectivity index (χ0v) is 12.8. The number of amides is 1. The van der Waals surface area contributed by atoms with Gasteiger partial charge in [0.25, 0.3) is 0 Å². The fourth-order valence-corrected chi connectivity index (χ4v) is 2.33. The van der Waals surface area contributed by atoms with E-state index in [9.17, 15) is 13.6 Å². The Hall–Kier alpha value is -2.95. The van der Waals surface area contributed by atoms with Gasteiger partial charge in [-0.2, -0.15) is 0 Å². The van der Waals surface area contributed by atoms with Crippen molar-refractivity contribution in [3.8, 4) is 11.3 Å². The standard InChI is InChI=1S/C19H15F2NO2/c20-15-7-4-8-16(21)19(15)22-18(23)12-10-14-9-11-17(24-14)13-5-2-1-3-6-13/h1-9,11H,10,12H2,(H,22,23). The first-order valence-electron chi connectivity index (χ1n) is 7.51. The van der Waals surface area contributed by atoms with Gasteiger partial charge in [0.05, 0.1) is 0 Å². The van der Waals surface area contributed by atoms with Gasteiger partial charge in [0.15, 0.2) is 0 Å². The molecule has 3 aromatic rings. The average molecular weight is 327 g/mol. The molecule has 0 aliphatic carbocycles. The molecule has 0 fully saturated rings. The Morgan fingerprint density at radius 1 is 0.917 bits per heavy atom. The summed E-state index contributed by atoms with van der Waals surface area (Å²) in [6.07, 6.45) is 0.407. The second kappa shape index (κ2) is 7.08. The lowest BCUT2D eigenvalue weighted by Crippen LogP contribution is -2.14. The van der Waals surface area contributed by atoms with E-state index < -0.39 is 23.2 Å². The van der Waals surface area contributed by atoms with Crippen molar-refractivity contribution < 1.29 is 18.0 Å². The lowest BCUT2D eigenvalue weighted by molar-refractivity contribution is -0.116. The van der Waals surface area contributed by atoms with Crippen LogP contribution in [0.15, 0.2) is 65.1 Å². The van der Waals surface area contributed by atoms with Crippen LogP contribution in [0.3, 0.4) is 0 Å². The van der Waals surface area contributed by atoms with Crippen LogP contribution in [0.25, 0.3) is 11.3 Å². The van der Waals surface area contributed by atoms with Gasteiger partial charge in [-0.25, -0.2) is 8.78 Å². The van der Waals surface area contributed by atoms with Crippen molar-refractivity contribution in [2.24, 2.45) is 0 Å². The maximum absolute atomic E-state index is 13.5. The second-order valence-electron chi connectivity index (χ2n) is 5.28. The lowest BCUT2D eigenvalue weighted by Gasteiger charge is -2.06. The summed E-state index contributed by atoms with van der Waals surface area (Å²) in [5, 5.41) is 2.26. The Morgan fingerprint density at radius 3 is 2.33 bits per heavy atom. The quantitative estimate of drug-likeness (QED) is 0.731. The molecule has 0 atom stereocenters. The molecule has 3 nitrogen and oxygen atoms in total. The van der Waals surface area contributed by atoms with Crippen molar-refractivity contribution in [2.45, 2.75) is 12.8 Å². The molecule has 0 unspecified atom stereocenters. The Kier molecular flexibility index (Phi) is 4.70. The SMILES string of the molecule is O=C(CCc1ccc(-c2ccccc2)o1)Nc1c(F)cccc1F. The molecule has 5 heteroatoms. The Labute approximate surface area is 137 Å². The van der Waals surface area contributed by atoms with Crippen LogP contribution in [-0.4, -0.2) is 5.91 Å². The first-order valence-corrected chi connectivity index (χ1v) is 7.51. The van der Waals surface area contributed by atoms with Crippen LogP contribution in [0.4, 0.5) is 14.5 Å². The molecule has 1 aromatic heterocycles. The number of halogens is 2. The largest absolute Gasteiger partial charge is 0.461 e. The minimum atomic E-state index is -0.798. The van der Waals surface area contributed by atoms with Gasteiger partial charge < -0.3 is 9.73 Å². The molecule has 0 radical (unpaired) electrons. The van der Waals surface area contributed by atoms with Crippen LogP contribution >= 0.6 is 0 Å². The van der Waals surface area contributed by atoms with Crippen molar-refractivity contribution in [3.63, 3.8) is 0 Å². The molecule has 0 aliphatic heterocycles. The molecule has 24 heavy (non-hydrogen) atoms. The molecule has 3 rings (SSSR count). The van der Waals surface area contributed by atoms with E-state index in [1.54, 1.807) is 6.07 Å². The predicted octanol–water partition coefficient (Wildman–Crippen LogP) is 4.80. The summed E-state index contributed by atoms with van der Waals surface area (Å²) in [7, 11) is 0. The highest BCUT2D eigenvalue weighted by Gasteiger charge is 2.13. The van der Waals surface area contributed by atoms with Gasteiger partial charge in [-0.05, 0) is 24.3 Å². The number of carbonyl (C=O) groups is 1. The van der Waals surface area contributed by atoms with Gasteiger partial charge in [-0.15, -0.1) is 0 Å². The molecular weight excluding hydrogens is 312 g/mol. The number of nitrogens with one attached hydrogen (secondary N) is 1. The van der Waals surface area contributed by atoms with E-state index >= 15 is 0 Å². The third-order valence-electron chi connectivity index (χ3n) is 3.55. The number of rotatable bonds is 5. The van der Waals surface area contributed by atoms with Crippen molar-refractivity contribution in [3.05, 3.63) is 78.1 Å². The number of anilines is 1. The van der Waals surface area contributed by atoms with Gasteiger partial charge in [-0.1, -0.05) is 36.4 Å². The summed E-state index contributed by atoms with van der Waals surface area (Å²) in [5.41, 5.74) is 0.522. The normalized spacial score (nSPS) is 10.6. The van der Waals surface area contributed by atoms with Gasteiger partial charge in [-0.3, -0.25) is 4.79 Å². The Morgan fingerprint density at radius 2 is 1.62 bits per heavy atom. The fraction of sp³-hybridized carbons (Fsp3) is 0.105. The molecule has 122 valence electrons. The van der Waals surface area contributed by atoms with Gasteiger partial charge in [0.1, 0.15) is 28.8 Å². The number of aryl methyl sites for hydroxylation is 1. The van der Waals surface area contributed by atoms with Crippen LogP contribution in [-0.2, 0) is 11.2 Å². The van der Waals surface area contributed by atoms with Crippen molar-refractivity contribution in [1.29, 1.82) is 0 Å². The number of para-hydroxylation sites is 1. The fourth-order valence-electron chi connectivity index (χ4n) is 2.33. The average Bonchev–Trinajstić information content (AvgIpc) is 3.06. The molecular formula is C19H15F2NO2. The predicted molar refractivity (Wildman–Crippen MR) is 87.5 cm³/mol. The van der Waals surface area contributed by atoms with Crippen molar-refractivity contribution in [1.82, 2.24) is 0 Å². The zero-order valence-electron chi connectivity index (χ0n) is 12.8. The van der Waals surface area contributed by atoms with Crippen molar-refractivity contribution >= 4 is 11.6 Å². The van der Waals surface area contributed by atoms with Crippen LogP contribution in [0.2, 0.25) is 0 Å². The summed E-state index contributed by atoms with van der Waals surface area (Å²) in [4.78, 5) is 11.9. The monoisotopic (exact) mass is 327 g/mol.